The fourth-order valence-corrected chi connectivity index (χ4v) is 2.80. The molecule has 0 saturated heterocycles. The van der Waals surface area contributed by atoms with E-state index in [1.54, 1.807) is 38.2 Å². The summed E-state index contributed by atoms with van der Waals surface area (Å²) >= 11 is 0. The van der Waals surface area contributed by atoms with Gasteiger partial charge in [-0.2, -0.15) is 5.10 Å². The third kappa shape index (κ3) is 3.19. The lowest BCUT2D eigenvalue weighted by Gasteiger charge is -2.12. The average Bonchev–Trinajstić information content (AvgIpc) is 2.60. The van der Waals surface area contributed by atoms with Crippen LogP contribution < -0.4 is 16.0 Å². The number of nitrogens with zero attached hydrogens (tertiary/aromatic N) is 2. The highest BCUT2D eigenvalue weighted by molar-refractivity contribution is 6.03. The molecular formula is C19H19N5O2. The van der Waals surface area contributed by atoms with E-state index in [1.165, 1.54) is 0 Å². The van der Waals surface area contributed by atoms with Crippen LogP contribution in [0.4, 0.5) is 5.69 Å². The number of nitrogens with two attached hydrogens (primary N) is 1. The smallest absolute Gasteiger partial charge is 0.267 e. The second-order valence-electron chi connectivity index (χ2n) is 5.97. The molecule has 0 fully saturated rings. The summed E-state index contributed by atoms with van der Waals surface area (Å²) in [5.41, 5.74) is 9.95. The van der Waals surface area contributed by atoms with Crippen molar-refractivity contribution in [1.29, 1.82) is 5.41 Å². The van der Waals surface area contributed by atoms with Gasteiger partial charge in [-0.3, -0.25) is 4.79 Å². The third-order valence-corrected chi connectivity index (χ3v) is 4.08. The van der Waals surface area contributed by atoms with Crippen molar-refractivity contribution in [3.63, 3.8) is 0 Å². The zero-order valence-corrected chi connectivity index (χ0v) is 14.8. The van der Waals surface area contributed by atoms with E-state index in [4.69, 9.17) is 15.9 Å². The van der Waals surface area contributed by atoms with E-state index < -0.39 is 0 Å². The molecule has 0 saturated carbocycles. The zero-order valence-electron chi connectivity index (χ0n) is 14.8. The van der Waals surface area contributed by atoms with Crippen molar-refractivity contribution in [3.05, 3.63) is 63.7 Å². The molecule has 132 valence electrons. The molecule has 3 aromatic rings. The number of pyridine rings is 1. The molecular weight excluding hydrogens is 330 g/mol. The van der Waals surface area contributed by atoms with Crippen LogP contribution in [0.15, 0.2) is 41.3 Å². The molecule has 26 heavy (non-hydrogen) atoms. The number of aromatic nitrogens is 3. The van der Waals surface area contributed by atoms with Crippen molar-refractivity contribution in [2.45, 2.75) is 20.8 Å². The molecule has 0 aliphatic heterocycles. The molecule has 4 N–H and O–H groups in total. The van der Waals surface area contributed by atoms with Crippen molar-refractivity contribution in [1.82, 2.24) is 15.2 Å². The molecule has 0 amide bonds. The molecule has 0 unspecified atom stereocenters. The van der Waals surface area contributed by atoms with Gasteiger partial charge in [-0.15, -0.1) is 0 Å². The Hall–Kier alpha value is -3.48. The first-order valence-corrected chi connectivity index (χ1v) is 8.02. The lowest BCUT2D eigenvalue weighted by atomic mass is 10.0. The van der Waals surface area contributed by atoms with Crippen molar-refractivity contribution in [2.24, 2.45) is 0 Å². The first-order chi connectivity index (χ1) is 12.4. The molecule has 0 aliphatic rings. The number of hydrogen-bond donors (Lipinski definition) is 3. The van der Waals surface area contributed by atoms with E-state index in [1.807, 2.05) is 19.1 Å². The van der Waals surface area contributed by atoms with Crippen LogP contribution in [0.25, 0.3) is 11.1 Å². The van der Waals surface area contributed by atoms with E-state index in [9.17, 15) is 4.79 Å². The van der Waals surface area contributed by atoms with Gasteiger partial charge in [0.2, 0.25) is 5.88 Å². The van der Waals surface area contributed by atoms with Gasteiger partial charge in [0, 0.05) is 28.7 Å². The Morgan fingerprint density at radius 2 is 1.88 bits per heavy atom. The van der Waals surface area contributed by atoms with Gasteiger partial charge in [0.15, 0.2) is 0 Å². The molecule has 2 aromatic heterocycles. The Morgan fingerprint density at radius 3 is 2.54 bits per heavy atom. The summed E-state index contributed by atoms with van der Waals surface area (Å²) in [6.07, 6.45) is 1.54. The van der Waals surface area contributed by atoms with Crippen LogP contribution >= 0.6 is 0 Å². The van der Waals surface area contributed by atoms with E-state index >= 15 is 0 Å². The maximum Gasteiger partial charge on any atom is 0.267 e. The first kappa shape index (κ1) is 17.3. The van der Waals surface area contributed by atoms with E-state index in [-0.39, 0.29) is 17.2 Å². The Morgan fingerprint density at radius 1 is 1.19 bits per heavy atom. The van der Waals surface area contributed by atoms with Crippen molar-refractivity contribution < 1.29 is 4.74 Å². The van der Waals surface area contributed by atoms with Crippen molar-refractivity contribution in [3.8, 4) is 22.8 Å². The fraction of sp³-hybridized carbons (Fsp3) is 0.158. The summed E-state index contributed by atoms with van der Waals surface area (Å²) in [4.78, 5) is 16.0. The number of nitrogen functional groups attached to an aromatic ring is 1. The Labute approximate surface area is 150 Å². The zero-order chi connectivity index (χ0) is 18.8. The van der Waals surface area contributed by atoms with Crippen LogP contribution in [0.2, 0.25) is 0 Å². The fourth-order valence-electron chi connectivity index (χ4n) is 2.80. The largest absolute Gasteiger partial charge is 0.438 e. The summed E-state index contributed by atoms with van der Waals surface area (Å²) in [5.74, 6) is 0.845. The number of nitrogens with one attached hydrogen (secondary N) is 2. The van der Waals surface area contributed by atoms with E-state index in [2.05, 4.69) is 15.2 Å². The van der Waals surface area contributed by atoms with E-state index in [0.717, 1.165) is 16.8 Å². The van der Waals surface area contributed by atoms with Crippen LogP contribution in [-0.2, 0) is 0 Å². The maximum atomic E-state index is 11.8. The Bertz CT molecular complexity index is 1040. The van der Waals surface area contributed by atoms with Gasteiger partial charge in [0.05, 0.1) is 11.3 Å². The highest BCUT2D eigenvalue weighted by Gasteiger charge is 2.13. The summed E-state index contributed by atoms with van der Waals surface area (Å²) in [6, 6.07) is 8.91. The minimum atomic E-state index is -0.207. The number of benzene rings is 1. The predicted molar refractivity (Wildman–Crippen MR) is 101 cm³/mol. The maximum absolute atomic E-state index is 11.8. The molecule has 3 rings (SSSR count). The molecule has 1 aromatic carbocycles. The second-order valence-corrected chi connectivity index (χ2v) is 5.97. The molecule has 7 nitrogen and oxygen atoms in total. The van der Waals surface area contributed by atoms with Crippen molar-refractivity contribution in [2.75, 3.05) is 5.73 Å². The normalized spacial score (nSPS) is 10.6. The molecule has 0 bridgehead atoms. The molecule has 0 radical (unpaired) electrons. The second kappa shape index (κ2) is 6.79. The number of H-pyrrole nitrogens is 1. The molecule has 0 spiro atoms. The van der Waals surface area contributed by atoms with E-state index in [0.29, 0.717) is 22.6 Å². The van der Waals surface area contributed by atoms with Gasteiger partial charge in [0.1, 0.15) is 5.75 Å². The third-order valence-electron chi connectivity index (χ3n) is 4.08. The standard InChI is InChI=1S/C19H19N5O2/c1-10-16(12(3)23-24-18(10)25)13-4-6-14(7-5-13)26-19-17(11(2)20)15(21)8-9-22-19/h4-9,20H,1-3H3,(H2,21,22)(H,24,25). The van der Waals surface area contributed by atoms with Crippen molar-refractivity contribution >= 4 is 11.4 Å². The van der Waals surface area contributed by atoms with Crippen LogP contribution in [0, 0.1) is 19.3 Å². The summed E-state index contributed by atoms with van der Waals surface area (Å²) in [6.45, 7) is 5.25. The van der Waals surface area contributed by atoms with Gasteiger partial charge < -0.3 is 15.9 Å². The van der Waals surface area contributed by atoms with Crippen LogP contribution in [0.1, 0.15) is 23.7 Å². The van der Waals surface area contributed by atoms with Crippen LogP contribution in [0.5, 0.6) is 11.6 Å². The minimum Gasteiger partial charge on any atom is -0.438 e. The minimum absolute atomic E-state index is 0.207. The first-order valence-electron chi connectivity index (χ1n) is 8.02. The highest BCUT2D eigenvalue weighted by Crippen LogP contribution is 2.30. The SMILES string of the molecule is CC(=N)c1c(N)ccnc1Oc1ccc(-c2c(C)n[nH]c(=O)c2C)cc1. The van der Waals surface area contributed by atoms with Crippen LogP contribution in [-0.4, -0.2) is 20.9 Å². The number of anilines is 1. The average molecular weight is 349 g/mol. The number of rotatable bonds is 4. The number of hydrogen-bond acceptors (Lipinski definition) is 6. The van der Waals surface area contributed by atoms with Gasteiger partial charge in [-0.1, -0.05) is 12.1 Å². The summed E-state index contributed by atoms with van der Waals surface area (Å²) < 4.78 is 5.81. The van der Waals surface area contributed by atoms with Gasteiger partial charge in [-0.25, -0.2) is 10.1 Å². The monoisotopic (exact) mass is 349 g/mol. The van der Waals surface area contributed by atoms with Gasteiger partial charge in [-0.05, 0) is 44.5 Å². The molecule has 0 aliphatic carbocycles. The predicted octanol–water partition coefficient (Wildman–Crippen LogP) is 3.21. The van der Waals surface area contributed by atoms with Crippen LogP contribution in [0.3, 0.4) is 0 Å². The summed E-state index contributed by atoms with van der Waals surface area (Å²) in [5, 5.41) is 14.4. The number of ether oxygens (including phenoxy) is 1. The molecule has 2 heterocycles. The lowest BCUT2D eigenvalue weighted by Crippen LogP contribution is -2.14. The lowest BCUT2D eigenvalue weighted by molar-refractivity contribution is 0.462. The molecule has 0 atom stereocenters. The topological polar surface area (TPSA) is 118 Å². The van der Waals surface area contributed by atoms with Gasteiger partial charge >= 0.3 is 0 Å². The summed E-state index contributed by atoms with van der Waals surface area (Å²) in [7, 11) is 0. The number of aromatic amines is 1. The Balaban J connectivity index is 1.96. The quantitative estimate of drug-likeness (QED) is 0.625. The van der Waals surface area contributed by atoms with Gasteiger partial charge in [0.25, 0.3) is 5.56 Å². The molecule has 7 heteroatoms. The highest BCUT2D eigenvalue weighted by atomic mass is 16.5. The Kier molecular flexibility index (Phi) is 4.53. The number of aryl methyl sites for hydroxylation is 1.